The van der Waals surface area contributed by atoms with E-state index >= 15 is 0 Å². The van der Waals surface area contributed by atoms with Gasteiger partial charge in [0.25, 0.3) is 0 Å². The number of rotatable bonds is 8. The van der Waals surface area contributed by atoms with E-state index in [1.165, 1.54) is 16.4 Å². The van der Waals surface area contributed by atoms with Crippen LogP contribution in [0.25, 0.3) is 0 Å². The molecule has 1 saturated heterocycles. The quantitative estimate of drug-likeness (QED) is 0.629. The second-order valence-electron chi connectivity index (χ2n) is 7.90. The van der Waals surface area contributed by atoms with Crippen molar-refractivity contribution in [2.45, 2.75) is 52.0 Å². The molecule has 1 aromatic carbocycles. The lowest BCUT2D eigenvalue weighted by molar-refractivity contribution is -0.126. The van der Waals surface area contributed by atoms with Gasteiger partial charge in [0.2, 0.25) is 21.8 Å². The number of nitrogens with one attached hydrogen (secondary N) is 1. The molecule has 1 N–H and O–H groups in total. The summed E-state index contributed by atoms with van der Waals surface area (Å²) in [6.07, 6.45) is 0.124. The predicted molar refractivity (Wildman–Crippen MR) is 125 cm³/mol. The van der Waals surface area contributed by atoms with Crippen LogP contribution >= 0.6 is 11.3 Å². The Morgan fingerprint density at radius 2 is 1.88 bits per heavy atom. The molecule has 8 nitrogen and oxygen atoms in total. The maximum Gasteiger partial charge on any atom is 0.243 e. The molecule has 3 rings (SSSR count). The molecular weight excluding hydrogens is 448 g/mol. The highest BCUT2D eigenvalue weighted by molar-refractivity contribution is 7.89. The number of aromatic nitrogens is 1. The molecule has 10 heteroatoms. The Morgan fingerprint density at radius 3 is 2.41 bits per heavy atom. The highest BCUT2D eigenvalue weighted by Gasteiger charge is 2.36. The van der Waals surface area contributed by atoms with Crippen LogP contribution in [0.1, 0.15) is 48.8 Å². The number of carbonyl (C=O) groups excluding carboxylic acids is 2. The molecule has 2 heterocycles. The molecule has 0 bridgehead atoms. The van der Waals surface area contributed by atoms with Crippen LogP contribution in [0.4, 0.5) is 5.69 Å². The Bertz CT molecular complexity index is 1090. The van der Waals surface area contributed by atoms with Crippen LogP contribution in [0.3, 0.4) is 0 Å². The number of sulfonamides is 1. The lowest BCUT2D eigenvalue weighted by Crippen LogP contribution is -2.34. The number of amides is 2. The van der Waals surface area contributed by atoms with Crippen LogP contribution < -0.4 is 10.2 Å². The minimum absolute atomic E-state index is 0.124. The Balaban J connectivity index is 1.69. The summed E-state index contributed by atoms with van der Waals surface area (Å²) in [6, 6.07) is 6.10. The normalized spacial score (nSPS) is 17.8. The van der Waals surface area contributed by atoms with Gasteiger partial charge in [-0.05, 0) is 45.0 Å². The first-order chi connectivity index (χ1) is 15.1. The SMILES string of the molecule is CCN(CC)S(=O)(=O)c1ccc(N2C[C@@H](C(=O)N[C@H](C)c3sc(C)nc3C)CC2=O)cc1. The number of benzene rings is 1. The Kier molecular flexibility index (Phi) is 7.36. The second-order valence-corrected chi connectivity index (χ2v) is 11.1. The molecule has 1 aliphatic heterocycles. The van der Waals surface area contributed by atoms with Crippen molar-refractivity contribution in [3.05, 3.63) is 39.8 Å². The van der Waals surface area contributed by atoms with Gasteiger partial charge in [-0.2, -0.15) is 4.31 Å². The molecule has 174 valence electrons. The predicted octanol–water partition coefficient (Wildman–Crippen LogP) is 3.02. The van der Waals surface area contributed by atoms with Crippen molar-refractivity contribution in [2.75, 3.05) is 24.5 Å². The zero-order valence-corrected chi connectivity index (χ0v) is 20.7. The van der Waals surface area contributed by atoms with Crippen LogP contribution in [-0.4, -0.2) is 49.2 Å². The van der Waals surface area contributed by atoms with Gasteiger partial charge in [0.1, 0.15) is 0 Å². The summed E-state index contributed by atoms with van der Waals surface area (Å²) in [6.45, 7) is 10.4. The maximum absolute atomic E-state index is 12.8. The second kappa shape index (κ2) is 9.68. The molecule has 0 aliphatic carbocycles. The van der Waals surface area contributed by atoms with Gasteiger partial charge in [-0.15, -0.1) is 11.3 Å². The van der Waals surface area contributed by atoms with E-state index in [2.05, 4.69) is 10.3 Å². The molecule has 0 saturated carbocycles. The monoisotopic (exact) mass is 478 g/mol. The Hall–Kier alpha value is -2.30. The summed E-state index contributed by atoms with van der Waals surface area (Å²) in [7, 11) is -3.56. The number of nitrogens with zero attached hydrogens (tertiary/aromatic N) is 3. The summed E-state index contributed by atoms with van der Waals surface area (Å²) >= 11 is 1.56. The first-order valence-corrected chi connectivity index (χ1v) is 13.0. The zero-order chi connectivity index (χ0) is 23.6. The average Bonchev–Trinajstić information content (AvgIpc) is 3.30. The number of aryl methyl sites for hydroxylation is 2. The third-order valence-corrected chi connectivity index (χ3v) is 9.00. The van der Waals surface area contributed by atoms with Gasteiger partial charge < -0.3 is 10.2 Å². The van der Waals surface area contributed by atoms with Crippen LogP contribution in [0.5, 0.6) is 0 Å². The summed E-state index contributed by atoms with van der Waals surface area (Å²) in [5, 5.41) is 3.96. The van der Waals surface area contributed by atoms with Crippen molar-refractivity contribution in [3.8, 4) is 0 Å². The third-order valence-electron chi connectivity index (χ3n) is 5.68. The summed E-state index contributed by atoms with van der Waals surface area (Å²) < 4.78 is 26.7. The van der Waals surface area contributed by atoms with Gasteiger partial charge in [-0.3, -0.25) is 9.59 Å². The molecule has 0 radical (unpaired) electrons. The largest absolute Gasteiger partial charge is 0.348 e. The highest BCUT2D eigenvalue weighted by atomic mass is 32.2. The Labute approximate surface area is 193 Å². The van der Waals surface area contributed by atoms with Gasteiger partial charge >= 0.3 is 0 Å². The van der Waals surface area contributed by atoms with E-state index in [-0.39, 0.29) is 35.7 Å². The van der Waals surface area contributed by atoms with Crippen molar-refractivity contribution in [1.82, 2.24) is 14.6 Å². The van der Waals surface area contributed by atoms with Gasteiger partial charge in [0, 0.05) is 36.6 Å². The van der Waals surface area contributed by atoms with Crippen molar-refractivity contribution < 1.29 is 18.0 Å². The van der Waals surface area contributed by atoms with Crippen LogP contribution in [-0.2, 0) is 19.6 Å². The van der Waals surface area contributed by atoms with Crippen molar-refractivity contribution in [3.63, 3.8) is 0 Å². The molecule has 0 unspecified atom stereocenters. The number of carbonyl (C=O) groups is 2. The Morgan fingerprint density at radius 1 is 1.25 bits per heavy atom. The molecule has 0 spiro atoms. The van der Waals surface area contributed by atoms with Crippen LogP contribution in [0, 0.1) is 19.8 Å². The minimum atomic E-state index is -3.56. The summed E-state index contributed by atoms with van der Waals surface area (Å²) in [5.41, 5.74) is 1.50. The van der Waals surface area contributed by atoms with E-state index in [0.29, 0.717) is 18.8 Å². The van der Waals surface area contributed by atoms with Crippen molar-refractivity contribution in [2.24, 2.45) is 5.92 Å². The standard InChI is InChI=1S/C22H30N4O4S2/c1-6-25(7-2)32(29,30)19-10-8-18(9-11-19)26-13-17(12-20(26)27)22(28)24-15(4)21-14(3)23-16(5)31-21/h8-11,15,17H,6-7,12-13H2,1-5H3,(H,24,28)/t15-,17+/m1/s1. The highest BCUT2D eigenvalue weighted by Crippen LogP contribution is 2.29. The van der Waals surface area contributed by atoms with E-state index in [4.69, 9.17) is 0 Å². The zero-order valence-electron chi connectivity index (χ0n) is 19.1. The molecular formula is C22H30N4O4S2. The molecule has 1 aliphatic rings. The van der Waals surface area contributed by atoms with Gasteiger partial charge in [-0.25, -0.2) is 13.4 Å². The van der Waals surface area contributed by atoms with E-state index in [9.17, 15) is 18.0 Å². The van der Waals surface area contributed by atoms with Crippen LogP contribution in [0.15, 0.2) is 29.2 Å². The number of thiazole rings is 1. The number of hydrogen-bond donors (Lipinski definition) is 1. The van der Waals surface area contributed by atoms with Gasteiger partial charge in [-0.1, -0.05) is 13.8 Å². The van der Waals surface area contributed by atoms with Gasteiger partial charge in [0.15, 0.2) is 0 Å². The lowest BCUT2D eigenvalue weighted by atomic mass is 10.1. The molecule has 2 aromatic rings. The molecule has 32 heavy (non-hydrogen) atoms. The van der Waals surface area contributed by atoms with Gasteiger partial charge in [0.05, 0.1) is 27.6 Å². The van der Waals surface area contributed by atoms with Crippen molar-refractivity contribution >= 4 is 38.9 Å². The maximum atomic E-state index is 12.8. The topological polar surface area (TPSA) is 99.7 Å². The first kappa shape index (κ1) is 24.3. The van der Waals surface area contributed by atoms with E-state index in [1.54, 1.807) is 42.2 Å². The summed E-state index contributed by atoms with van der Waals surface area (Å²) in [4.78, 5) is 32.6. The van der Waals surface area contributed by atoms with Crippen molar-refractivity contribution in [1.29, 1.82) is 0 Å². The number of anilines is 1. The molecule has 1 aromatic heterocycles. The molecule has 2 amide bonds. The summed E-state index contributed by atoms with van der Waals surface area (Å²) in [5.74, 6) is -0.778. The molecule has 2 atom stereocenters. The minimum Gasteiger partial charge on any atom is -0.348 e. The fourth-order valence-electron chi connectivity index (χ4n) is 3.99. The number of hydrogen-bond acceptors (Lipinski definition) is 6. The average molecular weight is 479 g/mol. The van der Waals surface area contributed by atoms with Crippen LogP contribution in [0.2, 0.25) is 0 Å². The van der Waals surface area contributed by atoms with E-state index < -0.39 is 15.9 Å². The fraction of sp³-hybridized carbons (Fsp3) is 0.500. The third kappa shape index (κ3) is 4.87. The first-order valence-electron chi connectivity index (χ1n) is 10.7. The lowest BCUT2D eigenvalue weighted by Gasteiger charge is -2.20. The smallest absolute Gasteiger partial charge is 0.243 e. The fourth-order valence-corrected chi connectivity index (χ4v) is 6.38. The van der Waals surface area contributed by atoms with E-state index in [0.717, 1.165) is 15.6 Å². The molecule has 1 fully saturated rings. The van der Waals surface area contributed by atoms with E-state index in [1.807, 2.05) is 20.8 Å².